The third-order valence-electron chi connectivity index (χ3n) is 5.02. The first-order valence-corrected chi connectivity index (χ1v) is 10.3. The van der Waals surface area contributed by atoms with Crippen molar-refractivity contribution in [3.8, 4) is 0 Å². The summed E-state index contributed by atoms with van der Waals surface area (Å²) in [5, 5.41) is 10.9. The van der Waals surface area contributed by atoms with Crippen molar-refractivity contribution in [1.29, 1.82) is 0 Å². The maximum Gasteiger partial charge on any atom is 0.416 e. The fourth-order valence-electron chi connectivity index (χ4n) is 3.52. The Hall–Kier alpha value is -2.55. The summed E-state index contributed by atoms with van der Waals surface area (Å²) in [5.41, 5.74) is 0.286. The number of nitrogens with zero attached hydrogens (tertiary/aromatic N) is 4. The molecule has 9 heteroatoms. The van der Waals surface area contributed by atoms with E-state index < -0.39 is 11.7 Å². The van der Waals surface area contributed by atoms with Gasteiger partial charge in [-0.3, -0.25) is 14.6 Å². The van der Waals surface area contributed by atoms with Gasteiger partial charge in [-0.25, -0.2) is 0 Å². The molecule has 1 aliphatic rings. The number of aliphatic imine (C=N–C) groups is 1. The predicted octanol–water partition coefficient (Wildman–Crippen LogP) is 3.12. The molecule has 0 aliphatic carbocycles. The molecule has 0 bridgehead atoms. The van der Waals surface area contributed by atoms with Gasteiger partial charge in [0.25, 0.3) is 0 Å². The van der Waals surface area contributed by atoms with Crippen LogP contribution in [0.3, 0.4) is 0 Å². The average Bonchev–Trinajstić information content (AvgIpc) is 3.37. The van der Waals surface area contributed by atoms with Crippen molar-refractivity contribution in [3.05, 3.63) is 53.9 Å². The van der Waals surface area contributed by atoms with Crippen LogP contribution in [0.2, 0.25) is 0 Å². The van der Waals surface area contributed by atoms with E-state index in [-0.39, 0.29) is 6.04 Å². The van der Waals surface area contributed by atoms with E-state index in [4.69, 9.17) is 0 Å². The molecule has 164 valence electrons. The van der Waals surface area contributed by atoms with Gasteiger partial charge in [-0.2, -0.15) is 18.3 Å². The number of likely N-dealkylation sites (tertiary alicyclic amines) is 1. The van der Waals surface area contributed by atoms with Gasteiger partial charge in [-0.05, 0) is 43.5 Å². The highest BCUT2D eigenvalue weighted by Crippen LogP contribution is 2.29. The zero-order valence-electron chi connectivity index (χ0n) is 17.2. The van der Waals surface area contributed by atoms with E-state index in [1.54, 1.807) is 18.3 Å². The van der Waals surface area contributed by atoms with Crippen LogP contribution >= 0.6 is 0 Å². The van der Waals surface area contributed by atoms with Crippen LogP contribution in [-0.2, 0) is 19.3 Å². The lowest BCUT2D eigenvalue weighted by Crippen LogP contribution is -2.44. The Bertz CT molecular complexity index is 786. The normalized spacial score (nSPS) is 18.0. The van der Waals surface area contributed by atoms with Crippen LogP contribution in [0.5, 0.6) is 0 Å². The van der Waals surface area contributed by atoms with Gasteiger partial charge < -0.3 is 10.6 Å². The molecule has 3 rings (SSSR count). The van der Waals surface area contributed by atoms with Crippen LogP contribution in [-0.4, -0.2) is 52.9 Å². The van der Waals surface area contributed by atoms with Crippen molar-refractivity contribution in [2.24, 2.45) is 4.99 Å². The zero-order chi connectivity index (χ0) is 21.4. The molecule has 0 saturated carbocycles. The molecule has 1 saturated heterocycles. The number of aryl methyl sites for hydroxylation is 1. The van der Waals surface area contributed by atoms with E-state index in [9.17, 15) is 13.2 Å². The smallest absolute Gasteiger partial charge is 0.357 e. The Labute approximate surface area is 175 Å². The summed E-state index contributed by atoms with van der Waals surface area (Å²) in [5.74, 6) is 0.805. The summed E-state index contributed by atoms with van der Waals surface area (Å²) < 4.78 is 40.0. The first-order chi connectivity index (χ1) is 14.4. The molecule has 0 radical (unpaired) electrons. The molecule has 1 atom stereocenters. The van der Waals surface area contributed by atoms with Crippen LogP contribution in [0.1, 0.15) is 30.9 Å². The summed E-state index contributed by atoms with van der Waals surface area (Å²) in [4.78, 5) is 6.90. The van der Waals surface area contributed by atoms with Crippen LogP contribution < -0.4 is 10.6 Å². The molecule has 6 nitrogen and oxygen atoms in total. The summed E-state index contributed by atoms with van der Waals surface area (Å²) in [6, 6.07) is 7.61. The Morgan fingerprint density at radius 1 is 1.27 bits per heavy atom. The van der Waals surface area contributed by atoms with Gasteiger partial charge >= 0.3 is 6.18 Å². The number of guanidine groups is 1. The Morgan fingerprint density at radius 2 is 2.07 bits per heavy atom. The molecule has 1 fully saturated rings. The molecule has 1 unspecified atom stereocenters. The molecule has 2 heterocycles. The largest absolute Gasteiger partial charge is 0.416 e. The number of benzene rings is 1. The van der Waals surface area contributed by atoms with Crippen LogP contribution in [0.4, 0.5) is 13.2 Å². The number of rotatable bonds is 8. The first-order valence-electron chi connectivity index (χ1n) is 10.3. The highest BCUT2D eigenvalue weighted by molar-refractivity contribution is 5.80. The topological polar surface area (TPSA) is 57.5 Å². The first kappa shape index (κ1) is 22.1. The second-order valence-corrected chi connectivity index (χ2v) is 7.44. The van der Waals surface area contributed by atoms with Crippen molar-refractivity contribution in [1.82, 2.24) is 25.3 Å². The monoisotopic (exact) mass is 422 g/mol. The molecule has 1 aromatic heterocycles. The number of hydrogen-bond acceptors (Lipinski definition) is 3. The minimum atomic E-state index is -4.29. The molecule has 2 N–H and O–H groups in total. The van der Waals surface area contributed by atoms with Gasteiger partial charge in [0.05, 0.1) is 5.56 Å². The molecular formula is C21H29F3N6. The highest BCUT2D eigenvalue weighted by Gasteiger charge is 2.30. The van der Waals surface area contributed by atoms with Crippen molar-refractivity contribution < 1.29 is 13.2 Å². The van der Waals surface area contributed by atoms with Gasteiger partial charge in [0.15, 0.2) is 5.96 Å². The lowest BCUT2D eigenvalue weighted by molar-refractivity contribution is -0.137. The van der Waals surface area contributed by atoms with E-state index >= 15 is 0 Å². The lowest BCUT2D eigenvalue weighted by atomic mass is 10.1. The number of alkyl halides is 3. The Morgan fingerprint density at radius 3 is 2.73 bits per heavy atom. The molecule has 1 aliphatic heterocycles. The third kappa shape index (κ3) is 6.76. The van der Waals surface area contributed by atoms with Crippen molar-refractivity contribution in [2.45, 2.75) is 45.1 Å². The minimum absolute atomic E-state index is 0.267. The molecule has 0 amide bonds. The second-order valence-electron chi connectivity index (χ2n) is 7.44. The number of aromatic nitrogens is 2. The van der Waals surface area contributed by atoms with Crippen LogP contribution in [0, 0.1) is 0 Å². The van der Waals surface area contributed by atoms with Crippen LogP contribution in [0.25, 0.3) is 0 Å². The number of halogens is 3. The Kier molecular flexibility index (Phi) is 7.73. The molecule has 2 aromatic rings. The average molecular weight is 422 g/mol. The van der Waals surface area contributed by atoms with E-state index in [0.717, 1.165) is 62.7 Å². The van der Waals surface area contributed by atoms with Crippen LogP contribution in [0.15, 0.2) is 47.7 Å². The lowest BCUT2D eigenvalue weighted by Gasteiger charge is -2.19. The fraction of sp³-hybridized carbons (Fsp3) is 0.524. The quantitative estimate of drug-likeness (QED) is 0.390. The van der Waals surface area contributed by atoms with Gasteiger partial charge in [-0.1, -0.05) is 12.1 Å². The number of nitrogens with one attached hydrogen (secondary N) is 2. The minimum Gasteiger partial charge on any atom is -0.357 e. The van der Waals surface area contributed by atoms with Crippen molar-refractivity contribution >= 4 is 5.96 Å². The Balaban J connectivity index is 1.45. The van der Waals surface area contributed by atoms with Gasteiger partial charge in [-0.15, -0.1) is 0 Å². The number of hydrogen-bond donors (Lipinski definition) is 2. The van der Waals surface area contributed by atoms with E-state index in [1.165, 1.54) is 0 Å². The molecule has 1 aromatic carbocycles. The maximum atomic E-state index is 12.7. The van der Waals surface area contributed by atoms with E-state index in [1.807, 2.05) is 23.9 Å². The second kappa shape index (κ2) is 10.5. The van der Waals surface area contributed by atoms with E-state index in [0.29, 0.717) is 13.1 Å². The highest BCUT2D eigenvalue weighted by atomic mass is 19.4. The van der Waals surface area contributed by atoms with Crippen molar-refractivity contribution in [2.75, 3.05) is 26.2 Å². The van der Waals surface area contributed by atoms with Gasteiger partial charge in [0, 0.05) is 57.7 Å². The maximum absolute atomic E-state index is 12.7. The summed E-state index contributed by atoms with van der Waals surface area (Å²) in [6.45, 7) is 6.74. The van der Waals surface area contributed by atoms with Crippen molar-refractivity contribution in [3.63, 3.8) is 0 Å². The van der Waals surface area contributed by atoms with E-state index in [2.05, 4.69) is 25.6 Å². The summed E-state index contributed by atoms with van der Waals surface area (Å²) in [6.07, 6.45) is 1.30. The predicted molar refractivity (Wildman–Crippen MR) is 111 cm³/mol. The summed E-state index contributed by atoms with van der Waals surface area (Å²) >= 11 is 0. The standard InChI is InChI=1S/C21H29F3N6/c1-2-25-20(26-10-3-12-30-13-4-11-27-30)28-19-9-14-29(16-19)15-17-5-7-18(8-6-17)21(22,23)24/h4-8,11,13,19H,2-3,9-10,12,14-16H2,1H3,(H2,25,26,28). The SMILES string of the molecule is CCNC(=NCCCn1cccn1)NC1CCN(Cc2ccc(C(F)(F)F)cc2)C1. The van der Waals surface area contributed by atoms with Gasteiger partial charge in [0.2, 0.25) is 0 Å². The zero-order valence-corrected chi connectivity index (χ0v) is 17.2. The van der Waals surface area contributed by atoms with Gasteiger partial charge in [0.1, 0.15) is 0 Å². The summed E-state index contributed by atoms with van der Waals surface area (Å²) in [7, 11) is 0. The molecular weight excluding hydrogens is 393 g/mol. The fourth-order valence-corrected chi connectivity index (χ4v) is 3.52. The third-order valence-corrected chi connectivity index (χ3v) is 5.02. The molecule has 0 spiro atoms. The molecule has 30 heavy (non-hydrogen) atoms.